The minimum Gasteiger partial charge on any atom is -0.363 e. The number of hydrogen-bond acceptors (Lipinski definition) is 5. The van der Waals surface area contributed by atoms with Crippen LogP contribution in [0.2, 0.25) is 0 Å². The van der Waals surface area contributed by atoms with Crippen LogP contribution < -0.4 is 0 Å². The van der Waals surface area contributed by atoms with Gasteiger partial charge in [0.25, 0.3) is 5.69 Å². The van der Waals surface area contributed by atoms with Crippen LogP contribution in [0.5, 0.6) is 0 Å². The van der Waals surface area contributed by atoms with Crippen LogP contribution in [0.15, 0.2) is 29.4 Å². The van der Waals surface area contributed by atoms with E-state index >= 15 is 0 Å². The van der Waals surface area contributed by atoms with E-state index in [0.717, 1.165) is 0 Å². The zero-order chi connectivity index (χ0) is 13.8. The smallest absolute Gasteiger partial charge is 0.269 e. The minimum absolute atomic E-state index is 0.0272. The van der Waals surface area contributed by atoms with Gasteiger partial charge < -0.3 is 9.57 Å². The first-order valence-corrected chi connectivity index (χ1v) is 6.29. The molecule has 1 aromatic carbocycles. The van der Waals surface area contributed by atoms with Crippen LogP contribution in [0.25, 0.3) is 0 Å². The number of nitro benzene ring substituents is 1. The molecule has 0 fully saturated rings. The van der Waals surface area contributed by atoms with Crippen molar-refractivity contribution in [2.24, 2.45) is 5.16 Å². The van der Waals surface area contributed by atoms with Gasteiger partial charge in [-0.2, -0.15) is 0 Å². The summed E-state index contributed by atoms with van der Waals surface area (Å²) in [5.74, 6) is 0. The summed E-state index contributed by atoms with van der Waals surface area (Å²) in [5, 5.41) is 14.2. The average Bonchev–Trinajstić information content (AvgIpc) is 2.39. The second-order valence-electron chi connectivity index (χ2n) is 3.97. The lowest BCUT2D eigenvalue weighted by atomic mass is 10.0. The number of hydrogen-bond donors (Lipinski definition) is 0. The van der Waals surface area contributed by atoms with Crippen LogP contribution in [0, 0.1) is 10.1 Å². The number of nitro groups is 1. The molecular weight excluding hydrogens is 272 g/mol. The lowest BCUT2D eigenvalue weighted by molar-refractivity contribution is -0.384. The molecule has 0 aliphatic carbocycles. The predicted molar refractivity (Wildman–Crippen MR) is 70.4 cm³/mol. The molecule has 0 saturated heterocycles. The Morgan fingerprint density at radius 3 is 2.74 bits per heavy atom. The van der Waals surface area contributed by atoms with Gasteiger partial charge in [0.1, 0.15) is 5.71 Å². The molecule has 2 atom stereocenters. The lowest BCUT2D eigenvalue weighted by Gasteiger charge is -2.24. The fraction of sp³-hybridized carbons (Fsp3) is 0.417. The van der Waals surface area contributed by atoms with Crippen LogP contribution in [0.4, 0.5) is 5.69 Å². The maximum absolute atomic E-state index is 10.6. The first kappa shape index (κ1) is 13.8. The molecule has 102 valence electrons. The number of oxime groups is 1. The molecule has 1 aromatic rings. The zero-order valence-electron chi connectivity index (χ0n) is 10.3. The summed E-state index contributed by atoms with van der Waals surface area (Å²) in [6, 6.07) is 6.04. The molecule has 0 amide bonds. The van der Waals surface area contributed by atoms with Crippen molar-refractivity contribution >= 4 is 23.0 Å². The maximum atomic E-state index is 10.6. The molecule has 0 N–H and O–H groups in total. The van der Waals surface area contributed by atoms with Crippen molar-refractivity contribution in [2.75, 3.05) is 6.61 Å². The van der Waals surface area contributed by atoms with Crippen molar-refractivity contribution in [1.29, 1.82) is 0 Å². The Morgan fingerprint density at radius 2 is 2.21 bits per heavy atom. The van der Waals surface area contributed by atoms with Gasteiger partial charge in [-0.05, 0) is 19.1 Å². The summed E-state index contributed by atoms with van der Waals surface area (Å²) in [4.78, 5) is 15.3. The van der Waals surface area contributed by atoms with E-state index in [-0.39, 0.29) is 11.1 Å². The maximum Gasteiger partial charge on any atom is 0.269 e. The molecule has 1 aliphatic heterocycles. The normalized spacial score (nSPS) is 22.5. The summed E-state index contributed by atoms with van der Waals surface area (Å²) < 4.78 is 5.28. The van der Waals surface area contributed by atoms with Crippen molar-refractivity contribution in [3.8, 4) is 0 Å². The summed E-state index contributed by atoms with van der Waals surface area (Å²) in [6.45, 7) is 2.39. The molecule has 0 spiro atoms. The average molecular weight is 285 g/mol. The summed E-state index contributed by atoms with van der Waals surface area (Å²) in [6.07, 6.45) is 0.0555. The fourth-order valence-corrected chi connectivity index (χ4v) is 2.08. The van der Waals surface area contributed by atoms with Crippen molar-refractivity contribution in [2.45, 2.75) is 25.0 Å². The van der Waals surface area contributed by atoms with Gasteiger partial charge in [-0.1, -0.05) is 5.16 Å². The van der Waals surface area contributed by atoms with E-state index in [9.17, 15) is 10.1 Å². The van der Waals surface area contributed by atoms with Crippen LogP contribution in [-0.2, 0) is 9.57 Å². The summed E-state index contributed by atoms with van der Waals surface area (Å²) in [7, 11) is 0. The van der Waals surface area contributed by atoms with Crippen LogP contribution in [0.3, 0.4) is 0 Å². The van der Waals surface area contributed by atoms with Gasteiger partial charge >= 0.3 is 0 Å². The highest BCUT2D eigenvalue weighted by molar-refractivity contribution is 6.35. The van der Waals surface area contributed by atoms with Gasteiger partial charge in [0.15, 0.2) is 0 Å². The van der Waals surface area contributed by atoms with E-state index in [1.54, 1.807) is 12.1 Å². The minimum atomic E-state index is -0.452. The van der Waals surface area contributed by atoms with Crippen LogP contribution in [-0.4, -0.2) is 28.9 Å². The number of ether oxygens (including phenoxy) is 1. The molecule has 0 bridgehead atoms. The molecule has 7 heteroatoms. The molecule has 6 nitrogen and oxygen atoms in total. The fourth-order valence-electron chi connectivity index (χ4n) is 1.77. The number of halogens is 1. The lowest BCUT2D eigenvalue weighted by Crippen LogP contribution is -2.30. The molecule has 0 radical (unpaired) electrons. The van der Waals surface area contributed by atoms with Gasteiger partial charge in [0.2, 0.25) is 6.29 Å². The molecule has 1 heterocycles. The number of alkyl halides is 1. The Hall–Kier alpha value is -1.66. The number of nitrogens with zero attached hydrogens (tertiary/aromatic N) is 2. The Balaban J connectivity index is 2.15. The van der Waals surface area contributed by atoms with Crippen molar-refractivity contribution < 1.29 is 14.5 Å². The second kappa shape index (κ2) is 5.99. The topological polar surface area (TPSA) is 74.0 Å². The quantitative estimate of drug-likeness (QED) is 0.484. The Kier molecular flexibility index (Phi) is 4.34. The predicted octanol–water partition coefficient (Wildman–Crippen LogP) is 2.69. The highest BCUT2D eigenvalue weighted by Crippen LogP contribution is 2.23. The van der Waals surface area contributed by atoms with Crippen LogP contribution in [0.1, 0.15) is 18.9 Å². The van der Waals surface area contributed by atoms with E-state index in [1.807, 2.05) is 6.92 Å². The number of non-ortho nitro benzene ring substituents is 1. The molecule has 2 rings (SSSR count). The van der Waals surface area contributed by atoms with Crippen molar-refractivity contribution in [3.63, 3.8) is 0 Å². The molecule has 0 saturated carbocycles. The third-order valence-electron chi connectivity index (χ3n) is 2.69. The third-order valence-corrected chi connectivity index (χ3v) is 3.08. The van der Waals surface area contributed by atoms with Crippen molar-refractivity contribution in [3.05, 3.63) is 39.9 Å². The van der Waals surface area contributed by atoms with Crippen LogP contribution >= 0.6 is 11.6 Å². The monoisotopic (exact) mass is 284 g/mol. The van der Waals surface area contributed by atoms with Gasteiger partial charge in [0, 0.05) is 30.7 Å². The summed E-state index contributed by atoms with van der Waals surface area (Å²) in [5.41, 5.74) is 1.30. The SMILES string of the molecule is CCO[C@H]1C[C@H](Cl)C(c2ccc([N+](=O)[O-])cc2)=NO1. The third kappa shape index (κ3) is 3.21. The first-order valence-electron chi connectivity index (χ1n) is 5.86. The molecule has 1 aliphatic rings. The molecule has 19 heavy (non-hydrogen) atoms. The van der Waals surface area contributed by atoms with Crippen molar-refractivity contribution in [1.82, 2.24) is 0 Å². The van der Waals surface area contributed by atoms with Gasteiger partial charge in [0.05, 0.1) is 10.3 Å². The highest BCUT2D eigenvalue weighted by atomic mass is 35.5. The largest absolute Gasteiger partial charge is 0.363 e. The standard InChI is InChI=1S/C12H13ClN2O4/c1-2-18-11-7-10(13)12(14-19-11)8-3-5-9(6-4-8)15(16)17/h3-6,10-11H,2,7H2,1H3/t10-,11+/m0/s1. The Labute approximate surface area is 115 Å². The summed E-state index contributed by atoms with van der Waals surface area (Å²) >= 11 is 6.23. The zero-order valence-corrected chi connectivity index (χ0v) is 11.0. The second-order valence-corrected chi connectivity index (χ2v) is 4.50. The van der Waals surface area contributed by atoms with E-state index in [0.29, 0.717) is 24.3 Å². The highest BCUT2D eigenvalue weighted by Gasteiger charge is 2.27. The van der Waals surface area contributed by atoms with Gasteiger partial charge in [-0.25, -0.2) is 0 Å². The van der Waals surface area contributed by atoms with E-state index in [4.69, 9.17) is 21.2 Å². The Bertz CT molecular complexity index is 489. The van der Waals surface area contributed by atoms with E-state index in [1.165, 1.54) is 12.1 Å². The number of benzene rings is 1. The number of rotatable bonds is 4. The molecule has 0 unspecified atom stereocenters. The van der Waals surface area contributed by atoms with Gasteiger partial charge in [-0.3, -0.25) is 10.1 Å². The first-order chi connectivity index (χ1) is 9.11. The van der Waals surface area contributed by atoms with E-state index in [2.05, 4.69) is 5.16 Å². The van der Waals surface area contributed by atoms with E-state index < -0.39 is 11.2 Å². The molecular formula is C12H13ClN2O4. The molecule has 0 aromatic heterocycles. The Morgan fingerprint density at radius 1 is 1.53 bits per heavy atom. The van der Waals surface area contributed by atoms with Gasteiger partial charge in [-0.15, -0.1) is 11.6 Å².